The molecule has 2 aromatic heterocycles. The first kappa shape index (κ1) is 7.12. The molecular weight excluding hydrogens is 156 g/mol. The van der Waals surface area contributed by atoms with Crippen molar-refractivity contribution in [3.8, 4) is 0 Å². The fourth-order valence-electron chi connectivity index (χ4n) is 1.19. The number of fused-ring (bicyclic) bond motifs is 1. The highest BCUT2D eigenvalue weighted by atomic mass is 16.3. The predicted molar refractivity (Wildman–Crippen MR) is 43.9 cm³/mol. The van der Waals surface area contributed by atoms with Gasteiger partial charge in [0.1, 0.15) is 0 Å². The summed E-state index contributed by atoms with van der Waals surface area (Å²) in [5.74, 6) is 0. The molecule has 4 heteroatoms. The molecule has 62 valence electrons. The lowest BCUT2D eigenvalue weighted by atomic mass is 10.3. The molecule has 0 unspecified atom stereocenters. The number of aliphatic hydroxyl groups excluding tert-OH is 1. The van der Waals surface area contributed by atoms with Crippen molar-refractivity contribution in [2.45, 2.75) is 6.61 Å². The molecule has 2 aromatic rings. The highest BCUT2D eigenvalue weighted by Gasteiger charge is 2.00. The van der Waals surface area contributed by atoms with Crippen molar-refractivity contribution >= 4 is 5.52 Å². The Bertz CT molecular complexity index is 455. The van der Waals surface area contributed by atoms with Gasteiger partial charge in [-0.05, 0) is 0 Å². The van der Waals surface area contributed by atoms with Crippen LogP contribution in [0.3, 0.4) is 0 Å². The van der Waals surface area contributed by atoms with Crippen molar-refractivity contribution in [3.63, 3.8) is 0 Å². The van der Waals surface area contributed by atoms with E-state index in [2.05, 4.69) is 5.10 Å². The highest BCUT2D eigenvalue weighted by Crippen LogP contribution is 2.06. The minimum Gasteiger partial charge on any atom is -0.392 e. The molecule has 2 heterocycles. The van der Waals surface area contributed by atoms with Crippen LogP contribution in [-0.2, 0) is 6.61 Å². The average Bonchev–Trinajstić information content (AvgIpc) is 2.46. The van der Waals surface area contributed by atoms with E-state index in [1.165, 1.54) is 12.1 Å². The van der Waals surface area contributed by atoms with Crippen molar-refractivity contribution in [2.24, 2.45) is 0 Å². The van der Waals surface area contributed by atoms with E-state index in [1.807, 2.05) is 0 Å². The molecule has 4 nitrogen and oxygen atoms in total. The SMILES string of the molecule is O=c1ccn2[nH]cc(CO)c2c1. The number of nitrogens with one attached hydrogen (secondary N) is 1. The summed E-state index contributed by atoms with van der Waals surface area (Å²) in [6.45, 7) is -0.0591. The van der Waals surface area contributed by atoms with E-state index in [9.17, 15) is 4.79 Å². The summed E-state index contributed by atoms with van der Waals surface area (Å²) in [7, 11) is 0. The van der Waals surface area contributed by atoms with Crippen LogP contribution in [0.25, 0.3) is 5.52 Å². The third-order valence-electron chi connectivity index (χ3n) is 1.80. The zero-order valence-electron chi connectivity index (χ0n) is 6.32. The van der Waals surface area contributed by atoms with Crippen LogP contribution in [0.4, 0.5) is 0 Å². The number of hydrogen-bond acceptors (Lipinski definition) is 2. The molecule has 0 saturated heterocycles. The molecule has 0 aliphatic carbocycles. The third kappa shape index (κ3) is 0.931. The van der Waals surface area contributed by atoms with Gasteiger partial charge in [-0.3, -0.25) is 9.31 Å². The lowest BCUT2D eigenvalue weighted by Gasteiger charge is -1.92. The topological polar surface area (TPSA) is 57.5 Å². The van der Waals surface area contributed by atoms with Crippen LogP contribution in [0.15, 0.2) is 29.3 Å². The number of aromatic amines is 1. The first-order valence-corrected chi connectivity index (χ1v) is 3.61. The van der Waals surface area contributed by atoms with E-state index in [-0.39, 0.29) is 12.0 Å². The summed E-state index contributed by atoms with van der Waals surface area (Å²) in [5.41, 5.74) is 1.40. The zero-order valence-corrected chi connectivity index (χ0v) is 6.32. The number of H-pyrrole nitrogens is 1. The van der Waals surface area contributed by atoms with Gasteiger partial charge in [0.25, 0.3) is 0 Å². The maximum Gasteiger partial charge on any atom is 0.182 e. The largest absolute Gasteiger partial charge is 0.392 e. The Balaban J connectivity index is 2.84. The summed E-state index contributed by atoms with van der Waals surface area (Å²) < 4.78 is 1.69. The monoisotopic (exact) mass is 164 g/mol. The fraction of sp³-hybridized carbons (Fsp3) is 0.125. The van der Waals surface area contributed by atoms with Gasteiger partial charge in [-0.2, -0.15) is 0 Å². The summed E-state index contributed by atoms with van der Waals surface area (Å²) in [5, 5.41) is 11.8. The molecule has 0 bridgehead atoms. The molecule has 0 spiro atoms. The molecule has 2 N–H and O–H groups in total. The van der Waals surface area contributed by atoms with Crippen molar-refractivity contribution in [3.05, 3.63) is 40.3 Å². The van der Waals surface area contributed by atoms with Crippen LogP contribution in [0.5, 0.6) is 0 Å². The van der Waals surface area contributed by atoms with Crippen molar-refractivity contribution in [1.82, 2.24) is 9.61 Å². The molecule has 0 aliphatic heterocycles. The number of rotatable bonds is 1. The van der Waals surface area contributed by atoms with Crippen LogP contribution in [0, 0.1) is 0 Å². The third-order valence-corrected chi connectivity index (χ3v) is 1.80. The van der Waals surface area contributed by atoms with Crippen molar-refractivity contribution in [2.75, 3.05) is 0 Å². The predicted octanol–water partition coefficient (Wildman–Crippen LogP) is 0.120. The maximum absolute atomic E-state index is 10.9. The molecule has 0 aliphatic rings. The Hall–Kier alpha value is -1.55. The molecular formula is C8H8N2O2. The van der Waals surface area contributed by atoms with Crippen molar-refractivity contribution in [1.29, 1.82) is 0 Å². The summed E-state index contributed by atoms with van der Waals surface area (Å²) in [4.78, 5) is 10.9. The summed E-state index contributed by atoms with van der Waals surface area (Å²) in [6.07, 6.45) is 3.31. The quantitative estimate of drug-likeness (QED) is 0.629. The molecule has 0 radical (unpaired) electrons. The van der Waals surface area contributed by atoms with Gasteiger partial charge < -0.3 is 10.2 Å². The number of aliphatic hydroxyl groups is 1. The van der Waals surface area contributed by atoms with Gasteiger partial charge in [0.2, 0.25) is 0 Å². The molecule has 0 amide bonds. The van der Waals surface area contributed by atoms with E-state index in [4.69, 9.17) is 5.11 Å². The first-order valence-electron chi connectivity index (χ1n) is 3.61. The normalized spacial score (nSPS) is 10.8. The summed E-state index contributed by atoms with van der Waals surface area (Å²) >= 11 is 0. The molecule has 0 fully saturated rings. The van der Waals surface area contributed by atoms with Gasteiger partial charge in [0, 0.05) is 30.1 Å². The lowest BCUT2D eigenvalue weighted by molar-refractivity contribution is 0.283. The fourth-order valence-corrected chi connectivity index (χ4v) is 1.19. The Kier molecular flexibility index (Phi) is 1.48. The Labute approximate surface area is 68.1 Å². The smallest absolute Gasteiger partial charge is 0.182 e. The van der Waals surface area contributed by atoms with Crippen LogP contribution in [-0.4, -0.2) is 14.7 Å². The van der Waals surface area contributed by atoms with Crippen LogP contribution in [0.2, 0.25) is 0 Å². The number of pyridine rings is 1. The molecule has 0 saturated carbocycles. The van der Waals surface area contributed by atoms with Crippen LogP contribution < -0.4 is 5.43 Å². The van der Waals surface area contributed by atoms with Gasteiger partial charge in [0.15, 0.2) is 5.43 Å². The number of nitrogens with zero attached hydrogens (tertiary/aromatic N) is 1. The lowest BCUT2D eigenvalue weighted by Crippen LogP contribution is -1.99. The van der Waals surface area contributed by atoms with Crippen molar-refractivity contribution < 1.29 is 5.11 Å². The van der Waals surface area contributed by atoms with E-state index in [0.717, 1.165) is 11.1 Å². The van der Waals surface area contributed by atoms with Gasteiger partial charge in [-0.1, -0.05) is 0 Å². The van der Waals surface area contributed by atoms with E-state index in [1.54, 1.807) is 16.9 Å². The molecule has 0 aromatic carbocycles. The zero-order chi connectivity index (χ0) is 8.55. The molecule has 0 atom stereocenters. The van der Waals surface area contributed by atoms with Crippen LogP contribution in [0.1, 0.15) is 5.56 Å². The minimum atomic E-state index is -0.0591. The standard InChI is InChI=1S/C8H8N2O2/c11-5-6-4-9-10-2-1-7(12)3-8(6)10/h1-4,9,11H,5H2. The molecule has 12 heavy (non-hydrogen) atoms. The first-order chi connectivity index (χ1) is 5.81. The maximum atomic E-state index is 10.9. The summed E-state index contributed by atoms with van der Waals surface area (Å²) in [6, 6.07) is 2.95. The van der Waals surface area contributed by atoms with Gasteiger partial charge in [-0.25, -0.2) is 0 Å². The minimum absolute atomic E-state index is 0.0516. The second kappa shape index (κ2) is 2.49. The second-order valence-electron chi connectivity index (χ2n) is 2.57. The van der Waals surface area contributed by atoms with Gasteiger partial charge in [-0.15, -0.1) is 0 Å². The van der Waals surface area contributed by atoms with Crippen LogP contribution >= 0.6 is 0 Å². The number of aromatic nitrogens is 2. The van der Waals surface area contributed by atoms with Gasteiger partial charge in [0.05, 0.1) is 12.1 Å². The van der Waals surface area contributed by atoms with Gasteiger partial charge >= 0.3 is 0 Å². The Morgan fingerprint density at radius 3 is 3.17 bits per heavy atom. The van der Waals surface area contributed by atoms with E-state index >= 15 is 0 Å². The Morgan fingerprint density at radius 2 is 2.42 bits per heavy atom. The number of hydrogen-bond donors (Lipinski definition) is 2. The highest BCUT2D eigenvalue weighted by molar-refractivity contribution is 5.52. The second-order valence-corrected chi connectivity index (χ2v) is 2.57. The van der Waals surface area contributed by atoms with E-state index < -0.39 is 0 Å². The Morgan fingerprint density at radius 1 is 1.58 bits per heavy atom. The molecule has 2 rings (SSSR count). The average molecular weight is 164 g/mol. The van der Waals surface area contributed by atoms with E-state index in [0.29, 0.717) is 0 Å².